The van der Waals surface area contributed by atoms with Crippen LogP contribution in [0.5, 0.6) is 11.5 Å². The van der Waals surface area contributed by atoms with E-state index in [1.54, 1.807) is 18.0 Å². The number of nitrogens with two attached hydrogens (primary N) is 1. The molecule has 1 aliphatic heterocycles. The fourth-order valence-electron chi connectivity index (χ4n) is 3.35. The summed E-state index contributed by atoms with van der Waals surface area (Å²) in [5.74, 6) is 3.31. The number of allylic oxidation sites excluding steroid dienone is 1. The summed E-state index contributed by atoms with van der Waals surface area (Å²) in [6.45, 7) is 0. The number of benzene rings is 2. The summed E-state index contributed by atoms with van der Waals surface area (Å²) in [6, 6.07) is 14.0. The third-order valence-electron chi connectivity index (χ3n) is 4.74. The molecule has 2 heterocycles. The Bertz CT molecular complexity index is 1020. The van der Waals surface area contributed by atoms with Crippen LogP contribution in [0.3, 0.4) is 0 Å². The molecule has 6 heteroatoms. The summed E-state index contributed by atoms with van der Waals surface area (Å²) in [4.78, 5) is 4.38. The van der Waals surface area contributed by atoms with Crippen LogP contribution in [0.4, 0.5) is 5.82 Å². The van der Waals surface area contributed by atoms with Crippen molar-refractivity contribution in [1.82, 2.24) is 9.78 Å². The van der Waals surface area contributed by atoms with Crippen molar-refractivity contribution in [1.29, 1.82) is 0 Å². The smallest absolute Gasteiger partial charge is 0.153 e. The number of aliphatic imine (C=N–C) groups is 1. The highest BCUT2D eigenvalue weighted by Gasteiger charge is 2.16. The minimum Gasteiger partial charge on any atom is -0.497 e. The molecule has 0 aliphatic carbocycles. The number of ether oxygens (including phenoxy) is 2. The number of methoxy groups -OCH3 is 1. The van der Waals surface area contributed by atoms with E-state index in [4.69, 9.17) is 15.2 Å². The topological polar surface area (TPSA) is 74.7 Å². The van der Waals surface area contributed by atoms with E-state index in [9.17, 15) is 0 Å². The Hall–Kier alpha value is -3.28. The Labute approximate surface area is 157 Å². The van der Waals surface area contributed by atoms with Gasteiger partial charge in [-0.25, -0.2) is 0 Å². The number of rotatable bonds is 5. The average Bonchev–Trinajstić information content (AvgIpc) is 2.96. The van der Waals surface area contributed by atoms with Gasteiger partial charge in [0.15, 0.2) is 5.82 Å². The monoisotopic (exact) mass is 362 g/mol. The zero-order valence-corrected chi connectivity index (χ0v) is 15.4. The lowest BCUT2D eigenvalue weighted by Gasteiger charge is -2.18. The number of anilines is 1. The van der Waals surface area contributed by atoms with Crippen LogP contribution in [0.25, 0.3) is 10.9 Å². The molecule has 3 aromatic rings. The predicted molar refractivity (Wildman–Crippen MR) is 107 cm³/mol. The van der Waals surface area contributed by atoms with Gasteiger partial charge >= 0.3 is 0 Å². The maximum absolute atomic E-state index is 6.08. The molecule has 2 N–H and O–H groups in total. The lowest BCUT2D eigenvalue weighted by atomic mass is 9.95. The first-order valence-corrected chi connectivity index (χ1v) is 8.88. The van der Waals surface area contributed by atoms with E-state index in [1.165, 1.54) is 5.56 Å². The zero-order chi connectivity index (χ0) is 18.8. The summed E-state index contributed by atoms with van der Waals surface area (Å²) in [7, 11) is 3.55. The highest BCUT2D eigenvalue weighted by molar-refractivity contribution is 5.90. The maximum Gasteiger partial charge on any atom is 0.153 e. The minimum absolute atomic E-state index is 0.300. The Kier molecular flexibility index (Phi) is 4.54. The van der Waals surface area contributed by atoms with Crippen LogP contribution in [-0.2, 0) is 13.5 Å². The maximum atomic E-state index is 6.08. The normalized spacial score (nSPS) is 16.4. The van der Waals surface area contributed by atoms with Gasteiger partial charge in [0.25, 0.3) is 0 Å². The van der Waals surface area contributed by atoms with Crippen LogP contribution in [0.2, 0.25) is 0 Å². The average molecular weight is 362 g/mol. The largest absolute Gasteiger partial charge is 0.497 e. The van der Waals surface area contributed by atoms with Gasteiger partial charge < -0.3 is 15.2 Å². The zero-order valence-electron chi connectivity index (χ0n) is 15.4. The van der Waals surface area contributed by atoms with Crippen LogP contribution < -0.4 is 15.2 Å². The second kappa shape index (κ2) is 7.15. The molecule has 4 rings (SSSR count). The first-order chi connectivity index (χ1) is 13.1. The first kappa shape index (κ1) is 17.1. The lowest BCUT2D eigenvalue weighted by molar-refractivity contribution is 0.383. The van der Waals surface area contributed by atoms with Crippen molar-refractivity contribution in [2.75, 3.05) is 12.8 Å². The van der Waals surface area contributed by atoms with Crippen LogP contribution in [0, 0.1) is 5.92 Å². The Morgan fingerprint density at radius 3 is 2.70 bits per heavy atom. The number of aryl methyl sites for hydroxylation is 1. The number of fused-ring (bicyclic) bond motifs is 1. The molecule has 1 atom stereocenters. The quantitative estimate of drug-likeness (QED) is 0.751. The molecule has 138 valence electrons. The van der Waals surface area contributed by atoms with Gasteiger partial charge in [-0.2, -0.15) is 5.10 Å². The van der Waals surface area contributed by atoms with E-state index in [0.717, 1.165) is 41.0 Å². The molecule has 0 saturated heterocycles. The van der Waals surface area contributed by atoms with Gasteiger partial charge in [0.1, 0.15) is 17.3 Å². The summed E-state index contributed by atoms with van der Waals surface area (Å²) in [6.07, 6.45) is 5.49. The van der Waals surface area contributed by atoms with Crippen molar-refractivity contribution in [3.8, 4) is 11.5 Å². The van der Waals surface area contributed by atoms with Crippen LogP contribution in [-0.4, -0.2) is 23.1 Å². The van der Waals surface area contributed by atoms with Gasteiger partial charge in [-0.05, 0) is 36.2 Å². The number of aromatic nitrogens is 2. The standard InChI is InChI=1S/C21H22N4O2/c1-25-20-11-17(7-8-19(20)21(22)24-25)27-18-10-15(12-23-13-18)9-14-3-5-16(26-2)6-4-14/h3-8,11-13,15H,9-10H2,1-2H3,(H2,22,24). The molecule has 0 amide bonds. The molecular weight excluding hydrogens is 340 g/mol. The molecule has 0 radical (unpaired) electrons. The summed E-state index contributed by atoms with van der Waals surface area (Å²) in [5.41, 5.74) is 8.10. The molecule has 0 fully saturated rings. The molecule has 0 spiro atoms. The van der Waals surface area contributed by atoms with Gasteiger partial charge in [-0.1, -0.05) is 12.1 Å². The van der Waals surface area contributed by atoms with Crippen molar-refractivity contribution in [3.63, 3.8) is 0 Å². The van der Waals surface area contributed by atoms with E-state index >= 15 is 0 Å². The van der Waals surface area contributed by atoms with Gasteiger partial charge in [-0.15, -0.1) is 0 Å². The van der Waals surface area contributed by atoms with Crippen molar-refractivity contribution >= 4 is 22.9 Å². The van der Waals surface area contributed by atoms with Crippen molar-refractivity contribution in [2.24, 2.45) is 18.0 Å². The van der Waals surface area contributed by atoms with E-state index in [0.29, 0.717) is 11.7 Å². The third-order valence-corrected chi connectivity index (χ3v) is 4.74. The van der Waals surface area contributed by atoms with E-state index in [-0.39, 0.29) is 0 Å². The van der Waals surface area contributed by atoms with Gasteiger partial charge in [-0.3, -0.25) is 9.67 Å². The van der Waals surface area contributed by atoms with E-state index < -0.39 is 0 Å². The fraction of sp³-hybridized carbons (Fsp3) is 0.238. The van der Waals surface area contributed by atoms with Crippen LogP contribution >= 0.6 is 0 Å². The molecule has 0 saturated carbocycles. The minimum atomic E-state index is 0.300. The number of nitrogen functional groups attached to an aromatic ring is 1. The number of hydrogen-bond acceptors (Lipinski definition) is 5. The first-order valence-electron chi connectivity index (χ1n) is 8.88. The summed E-state index contributed by atoms with van der Waals surface area (Å²) >= 11 is 0. The molecule has 1 aliphatic rings. The SMILES string of the molecule is COc1ccc(CC2C=NC=C(Oc3ccc4c(N)nn(C)c4c3)C2)cc1. The van der Waals surface area contributed by atoms with Gasteiger partial charge in [0.05, 0.1) is 18.8 Å². The molecule has 27 heavy (non-hydrogen) atoms. The summed E-state index contributed by atoms with van der Waals surface area (Å²) < 4.78 is 13.1. The van der Waals surface area contributed by atoms with Crippen LogP contribution in [0.15, 0.2) is 59.4 Å². The third kappa shape index (κ3) is 3.65. The number of hydrogen-bond donors (Lipinski definition) is 1. The molecule has 2 aromatic carbocycles. The van der Waals surface area contributed by atoms with Gasteiger partial charge in [0.2, 0.25) is 0 Å². The highest BCUT2D eigenvalue weighted by Crippen LogP contribution is 2.28. The molecule has 1 aromatic heterocycles. The predicted octanol–water partition coefficient (Wildman–Crippen LogP) is 3.72. The Morgan fingerprint density at radius 2 is 1.93 bits per heavy atom. The van der Waals surface area contributed by atoms with Crippen LogP contribution in [0.1, 0.15) is 12.0 Å². The lowest BCUT2D eigenvalue weighted by Crippen LogP contribution is -2.13. The van der Waals surface area contributed by atoms with Gasteiger partial charge in [0, 0.05) is 37.1 Å². The molecule has 0 bridgehead atoms. The highest BCUT2D eigenvalue weighted by atomic mass is 16.5. The van der Waals surface area contributed by atoms with E-state index in [2.05, 4.69) is 22.2 Å². The van der Waals surface area contributed by atoms with Crippen molar-refractivity contribution in [2.45, 2.75) is 12.8 Å². The fourth-order valence-corrected chi connectivity index (χ4v) is 3.35. The molecular formula is C21H22N4O2. The Morgan fingerprint density at radius 1 is 1.15 bits per heavy atom. The summed E-state index contributed by atoms with van der Waals surface area (Å²) in [5, 5.41) is 5.17. The second-order valence-corrected chi connectivity index (χ2v) is 6.70. The second-order valence-electron chi connectivity index (χ2n) is 6.70. The number of nitrogens with zero attached hydrogens (tertiary/aromatic N) is 3. The van der Waals surface area contributed by atoms with Crippen molar-refractivity contribution in [3.05, 3.63) is 60.0 Å². The van der Waals surface area contributed by atoms with Crippen molar-refractivity contribution < 1.29 is 9.47 Å². The Balaban J connectivity index is 1.44. The molecule has 6 nitrogen and oxygen atoms in total. The molecule has 1 unspecified atom stereocenters. The van der Waals surface area contributed by atoms with E-state index in [1.807, 2.05) is 43.6 Å².